The third kappa shape index (κ3) is 4.02. The van der Waals surface area contributed by atoms with E-state index < -0.39 is 0 Å². The first-order valence-corrected chi connectivity index (χ1v) is 9.74. The van der Waals surface area contributed by atoms with Crippen LogP contribution in [0.2, 0.25) is 0 Å². The van der Waals surface area contributed by atoms with Crippen molar-refractivity contribution >= 4 is 18.3 Å². The fourth-order valence-corrected chi connectivity index (χ4v) is 3.69. The van der Waals surface area contributed by atoms with Gasteiger partial charge in [-0.05, 0) is 36.6 Å². The van der Waals surface area contributed by atoms with Gasteiger partial charge in [0.25, 0.3) is 5.91 Å². The van der Waals surface area contributed by atoms with Crippen molar-refractivity contribution < 1.29 is 4.79 Å². The van der Waals surface area contributed by atoms with E-state index in [1.807, 2.05) is 47.5 Å². The molecule has 1 atom stereocenters. The van der Waals surface area contributed by atoms with E-state index in [-0.39, 0.29) is 24.4 Å². The molecule has 1 aromatic carbocycles. The van der Waals surface area contributed by atoms with Crippen LogP contribution in [-0.2, 0) is 0 Å². The standard InChI is InChI=1S/C21H22N6O.ClH/c28-21(27-11-10-23-13-18(27)17-2-1-9-22-12-17)16-7-5-15(6-8-16)20-24-19(25-26-20)14-3-4-14;/h1-2,5-9,12,14,18,23H,3-4,10-11,13H2,(H,24,25,26);1H. The normalized spacial score (nSPS) is 18.9. The Labute approximate surface area is 175 Å². The second kappa shape index (κ2) is 8.31. The number of pyridine rings is 1. The smallest absolute Gasteiger partial charge is 0.254 e. The zero-order valence-electron chi connectivity index (χ0n) is 15.9. The van der Waals surface area contributed by atoms with Gasteiger partial charge in [0.15, 0.2) is 5.82 Å². The molecule has 1 amide bonds. The molecule has 1 aliphatic carbocycles. The van der Waals surface area contributed by atoms with Gasteiger partial charge in [-0.15, -0.1) is 12.4 Å². The summed E-state index contributed by atoms with van der Waals surface area (Å²) in [6.45, 7) is 2.20. The summed E-state index contributed by atoms with van der Waals surface area (Å²) in [5.74, 6) is 2.24. The van der Waals surface area contributed by atoms with Crippen LogP contribution in [0.4, 0.5) is 0 Å². The second-order valence-corrected chi connectivity index (χ2v) is 7.40. The number of rotatable bonds is 4. The molecule has 2 fully saturated rings. The number of benzene rings is 1. The lowest BCUT2D eigenvalue weighted by Crippen LogP contribution is -2.48. The lowest BCUT2D eigenvalue weighted by Gasteiger charge is -2.36. The minimum Gasteiger partial charge on any atom is -0.329 e. The van der Waals surface area contributed by atoms with Gasteiger partial charge >= 0.3 is 0 Å². The van der Waals surface area contributed by atoms with Crippen molar-refractivity contribution in [1.82, 2.24) is 30.4 Å². The van der Waals surface area contributed by atoms with E-state index in [2.05, 4.69) is 25.5 Å². The van der Waals surface area contributed by atoms with Crippen molar-refractivity contribution in [2.45, 2.75) is 24.8 Å². The molecule has 29 heavy (non-hydrogen) atoms. The minimum absolute atomic E-state index is 0. The van der Waals surface area contributed by atoms with E-state index in [4.69, 9.17) is 0 Å². The number of nitrogens with one attached hydrogen (secondary N) is 2. The van der Waals surface area contributed by atoms with Crippen LogP contribution in [0.15, 0.2) is 48.8 Å². The van der Waals surface area contributed by atoms with Gasteiger partial charge in [0.05, 0.1) is 6.04 Å². The van der Waals surface area contributed by atoms with E-state index in [1.54, 1.807) is 6.20 Å². The number of carbonyl (C=O) groups is 1. The zero-order valence-corrected chi connectivity index (χ0v) is 16.7. The number of amides is 1. The summed E-state index contributed by atoms with van der Waals surface area (Å²) in [6.07, 6.45) is 5.96. The molecule has 2 aliphatic rings. The van der Waals surface area contributed by atoms with Gasteiger partial charge in [-0.2, -0.15) is 5.10 Å². The Morgan fingerprint density at radius 3 is 2.69 bits per heavy atom. The van der Waals surface area contributed by atoms with E-state index in [0.29, 0.717) is 23.9 Å². The molecule has 2 aromatic heterocycles. The van der Waals surface area contributed by atoms with Crippen LogP contribution < -0.4 is 5.32 Å². The lowest BCUT2D eigenvalue weighted by molar-refractivity contribution is 0.0634. The highest BCUT2D eigenvalue weighted by molar-refractivity contribution is 5.95. The summed E-state index contributed by atoms with van der Waals surface area (Å²) in [5.41, 5.74) is 2.65. The summed E-state index contributed by atoms with van der Waals surface area (Å²) in [7, 11) is 0. The number of nitrogens with zero attached hydrogens (tertiary/aromatic N) is 4. The number of hydrogen-bond donors (Lipinski definition) is 2. The molecule has 5 rings (SSSR count). The highest BCUT2D eigenvalue weighted by Crippen LogP contribution is 2.38. The number of aromatic amines is 1. The number of piperazine rings is 1. The van der Waals surface area contributed by atoms with Gasteiger partial charge in [-0.1, -0.05) is 18.2 Å². The van der Waals surface area contributed by atoms with Crippen molar-refractivity contribution in [3.05, 3.63) is 65.7 Å². The molecule has 1 aliphatic heterocycles. The minimum atomic E-state index is -0.0104. The van der Waals surface area contributed by atoms with Gasteiger partial charge in [0.2, 0.25) is 0 Å². The van der Waals surface area contributed by atoms with Gasteiger partial charge in [-0.3, -0.25) is 14.9 Å². The maximum Gasteiger partial charge on any atom is 0.254 e. The van der Waals surface area contributed by atoms with Crippen molar-refractivity contribution in [3.8, 4) is 11.4 Å². The number of halogens is 1. The molecule has 150 valence electrons. The van der Waals surface area contributed by atoms with Gasteiger partial charge in [0.1, 0.15) is 5.82 Å². The average molecular weight is 411 g/mol. The first-order valence-electron chi connectivity index (χ1n) is 9.74. The maximum atomic E-state index is 13.2. The second-order valence-electron chi connectivity index (χ2n) is 7.40. The highest BCUT2D eigenvalue weighted by atomic mass is 35.5. The molecule has 3 aromatic rings. The Morgan fingerprint density at radius 1 is 1.14 bits per heavy atom. The van der Waals surface area contributed by atoms with Crippen LogP contribution in [-0.4, -0.2) is 50.6 Å². The van der Waals surface area contributed by atoms with E-state index in [9.17, 15) is 4.79 Å². The van der Waals surface area contributed by atoms with Gasteiger partial charge < -0.3 is 10.2 Å². The number of aromatic nitrogens is 4. The average Bonchev–Trinajstić information content (AvgIpc) is 3.50. The molecule has 1 unspecified atom stereocenters. The Balaban J connectivity index is 0.00000205. The number of hydrogen-bond acceptors (Lipinski definition) is 5. The maximum absolute atomic E-state index is 13.2. The molecule has 0 radical (unpaired) electrons. The fourth-order valence-electron chi connectivity index (χ4n) is 3.69. The fraction of sp³-hybridized carbons (Fsp3) is 0.333. The summed E-state index contributed by atoms with van der Waals surface area (Å²) in [6, 6.07) is 11.5. The van der Waals surface area contributed by atoms with Crippen molar-refractivity contribution in [2.24, 2.45) is 0 Å². The molecule has 8 heteroatoms. The first kappa shape index (κ1) is 19.5. The largest absolute Gasteiger partial charge is 0.329 e. The summed E-state index contributed by atoms with van der Waals surface area (Å²) in [5, 5.41) is 10.7. The van der Waals surface area contributed by atoms with Crippen LogP contribution >= 0.6 is 12.4 Å². The van der Waals surface area contributed by atoms with Crippen molar-refractivity contribution in [2.75, 3.05) is 19.6 Å². The molecule has 3 heterocycles. The van der Waals surface area contributed by atoms with E-state index in [1.165, 1.54) is 12.8 Å². The Hall–Kier alpha value is -2.77. The molecule has 0 bridgehead atoms. The lowest BCUT2D eigenvalue weighted by atomic mass is 10.0. The highest BCUT2D eigenvalue weighted by Gasteiger charge is 2.29. The summed E-state index contributed by atoms with van der Waals surface area (Å²) in [4.78, 5) is 23.9. The molecule has 1 saturated carbocycles. The van der Waals surface area contributed by atoms with E-state index >= 15 is 0 Å². The predicted molar refractivity (Wildman–Crippen MR) is 112 cm³/mol. The monoisotopic (exact) mass is 410 g/mol. The van der Waals surface area contributed by atoms with Crippen molar-refractivity contribution in [3.63, 3.8) is 0 Å². The zero-order chi connectivity index (χ0) is 18.9. The summed E-state index contributed by atoms with van der Waals surface area (Å²) < 4.78 is 0. The summed E-state index contributed by atoms with van der Waals surface area (Å²) >= 11 is 0. The Bertz CT molecular complexity index is 970. The SMILES string of the molecule is Cl.O=C(c1ccc(-c2n[nH]c(C3CC3)n2)cc1)N1CCNCC1c1cccnc1. The Morgan fingerprint density at radius 2 is 1.97 bits per heavy atom. The molecule has 1 saturated heterocycles. The third-order valence-corrected chi connectivity index (χ3v) is 5.43. The van der Waals surface area contributed by atoms with Gasteiger partial charge in [0, 0.05) is 49.1 Å². The number of carbonyl (C=O) groups excluding carboxylic acids is 1. The van der Waals surface area contributed by atoms with Crippen LogP contribution in [0.5, 0.6) is 0 Å². The Kier molecular flexibility index (Phi) is 5.60. The third-order valence-electron chi connectivity index (χ3n) is 5.43. The topological polar surface area (TPSA) is 86.8 Å². The van der Waals surface area contributed by atoms with Crippen LogP contribution in [0.3, 0.4) is 0 Å². The van der Waals surface area contributed by atoms with E-state index in [0.717, 1.165) is 30.0 Å². The van der Waals surface area contributed by atoms with Crippen molar-refractivity contribution in [1.29, 1.82) is 0 Å². The molecular weight excluding hydrogens is 388 g/mol. The van der Waals surface area contributed by atoms with Crippen LogP contribution in [0, 0.1) is 0 Å². The van der Waals surface area contributed by atoms with Gasteiger partial charge in [-0.25, -0.2) is 4.98 Å². The molecule has 2 N–H and O–H groups in total. The molecular formula is C21H23ClN6O. The first-order chi connectivity index (χ1) is 13.8. The number of H-pyrrole nitrogens is 1. The predicted octanol–water partition coefficient (Wildman–Crippen LogP) is 2.95. The molecule has 7 nitrogen and oxygen atoms in total. The molecule has 0 spiro atoms. The quantitative estimate of drug-likeness (QED) is 0.690. The van der Waals surface area contributed by atoms with Crippen LogP contribution in [0.25, 0.3) is 11.4 Å². The van der Waals surface area contributed by atoms with Crippen LogP contribution in [0.1, 0.15) is 46.5 Å².